The number of ether oxygens (including phenoxy) is 4. The van der Waals surface area contributed by atoms with Crippen molar-refractivity contribution in [1.29, 1.82) is 0 Å². The van der Waals surface area contributed by atoms with Crippen LogP contribution in [0.2, 0.25) is 0 Å². The van der Waals surface area contributed by atoms with Gasteiger partial charge in [-0.3, -0.25) is 9.98 Å². The maximum Gasteiger partial charge on any atom is 0.163 e. The van der Waals surface area contributed by atoms with Gasteiger partial charge in [0.05, 0.1) is 37.8 Å². The number of nitrogens with zero attached hydrogens (tertiary/aromatic N) is 2. The summed E-state index contributed by atoms with van der Waals surface area (Å²) in [5.74, 6) is 1.14. The molecule has 188 valence electrons. The van der Waals surface area contributed by atoms with Gasteiger partial charge in [-0.25, -0.2) is 0 Å². The van der Waals surface area contributed by atoms with Gasteiger partial charge in [0.1, 0.15) is 24.7 Å². The van der Waals surface area contributed by atoms with Crippen LogP contribution in [0.3, 0.4) is 0 Å². The van der Waals surface area contributed by atoms with Crippen molar-refractivity contribution in [1.82, 2.24) is 0 Å². The number of fused-ring (bicyclic) bond motifs is 1. The first-order valence-electron chi connectivity index (χ1n) is 11.1. The van der Waals surface area contributed by atoms with E-state index in [1.807, 2.05) is 0 Å². The molecular weight excluding hydrogens is 596 g/mol. The molecule has 1 aliphatic heterocycles. The summed E-state index contributed by atoms with van der Waals surface area (Å²) in [7, 11) is 0. The fourth-order valence-corrected chi connectivity index (χ4v) is 4.01. The topological polar surface area (TPSA) is 102 Å². The van der Waals surface area contributed by atoms with Crippen LogP contribution in [0.15, 0.2) is 67.5 Å². The monoisotopic (exact) mass is 618 g/mol. The van der Waals surface area contributed by atoms with Crippen LogP contribution in [0.1, 0.15) is 11.1 Å². The lowest BCUT2D eigenvalue weighted by Gasteiger charge is -2.16. The third kappa shape index (κ3) is 7.30. The molecule has 1 aliphatic rings. The third-order valence-electron chi connectivity index (χ3n) is 5.05. The molecule has 0 aliphatic carbocycles. The number of aliphatic imine (C=N–C) groups is 2. The number of halogens is 2. The molecule has 0 atom stereocenters. The van der Waals surface area contributed by atoms with Crippen LogP contribution in [0, 0.1) is 0 Å². The Hall–Kier alpha value is -2.92. The number of aromatic hydroxyl groups is 2. The molecule has 8 nitrogen and oxygen atoms in total. The zero-order chi connectivity index (χ0) is 25.3. The summed E-state index contributed by atoms with van der Waals surface area (Å²) >= 11 is 6.82. The van der Waals surface area contributed by atoms with E-state index in [2.05, 4.69) is 41.8 Å². The van der Waals surface area contributed by atoms with Crippen molar-refractivity contribution in [2.45, 2.75) is 0 Å². The molecule has 0 radical (unpaired) electrons. The molecule has 0 unspecified atom stereocenters. The Kier molecular flexibility index (Phi) is 9.35. The Balaban J connectivity index is 1.74. The van der Waals surface area contributed by atoms with E-state index in [0.717, 1.165) is 8.95 Å². The maximum absolute atomic E-state index is 10.2. The van der Waals surface area contributed by atoms with Crippen LogP contribution in [0.25, 0.3) is 0 Å². The summed E-state index contributed by atoms with van der Waals surface area (Å²) in [4.78, 5) is 9.17. The lowest BCUT2D eigenvalue weighted by molar-refractivity contribution is 0.0223. The van der Waals surface area contributed by atoms with Crippen LogP contribution in [0.4, 0.5) is 11.4 Å². The van der Waals surface area contributed by atoms with Gasteiger partial charge in [0.25, 0.3) is 0 Å². The number of rotatable bonds is 4. The average Bonchev–Trinajstić information content (AvgIpc) is 2.86. The highest BCUT2D eigenvalue weighted by Crippen LogP contribution is 2.40. The van der Waals surface area contributed by atoms with E-state index in [1.165, 1.54) is 0 Å². The number of phenols is 2. The molecule has 0 bridgehead atoms. The molecule has 0 aromatic heterocycles. The highest BCUT2D eigenvalue weighted by atomic mass is 79.9. The van der Waals surface area contributed by atoms with Crippen molar-refractivity contribution >= 4 is 55.7 Å². The number of hydrogen-bond acceptors (Lipinski definition) is 8. The van der Waals surface area contributed by atoms with E-state index < -0.39 is 0 Å². The molecule has 3 aromatic rings. The van der Waals surface area contributed by atoms with Gasteiger partial charge in [-0.05, 0) is 36.4 Å². The fraction of sp³-hybridized carbons (Fsp3) is 0.231. The molecule has 0 saturated carbocycles. The maximum atomic E-state index is 10.2. The van der Waals surface area contributed by atoms with Gasteiger partial charge in [0.2, 0.25) is 0 Å². The largest absolute Gasteiger partial charge is 0.507 e. The third-order valence-corrected chi connectivity index (χ3v) is 6.03. The molecule has 0 spiro atoms. The van der Waals surface area contributed by atoms with Crippen LogP contribution >= 0.6 is 31.9 Å². The van der Waals surface area contributed by atoms with Gasteiger partial charge in [-0.1, -0.05) is 31.9 Å². The lowest BCUT2D eigenvalue weighted by Crippen LogP contribution is -2.15. The second-order valence-electron chi connectivity index (χ2n) is 7.63. The highest BCUT2D eigenvalue weighted by Gasteiger charge is 2.13. The normalized spacial score (nSPS) is 15.1. The van der Waals surface area contributed by atoms with Gasteiger partial charge in [-0.2, -0.15) is 0 Å². The first kappa shape index (κ1) is 26.2. The minimum atomic E-state index is 0.0918. The minimum Gasteiger partial charge on any atom is -0.507 e. The first-order chi connectivity index (χ1) is 17.5. The molecular formula is C26H24Br2N2O6. The zero-order valence-electron chi connectivity index (χ0n) is 19.2. The van der Waals surface area contributed by atoms with Crippen LogP contribution in [-0.4, -0.2) is 62.3 Å². The van der Waals surface area contributed by atoms with E-state index in [1.54, 1.807) is 61.0 Å². The molecule has 0 amide bonds. The van der Waals surface area contributed by atoms with Gasteiger partial charge >= 0.3 is 0 Å². The average molecular weight is 620 g/mol. The van der Waals surface area contributed by atoms with Crippen molar-refractivity contribution in [3.8, 4) is 23.0 Å². The minimum absolute atomic E-state index is 0.0918. The molecule has 4 rings (SSSR count). The second-order valence-corrected chi connectivity index (χ2v) is 9.46. The first-order valence-corrected chi connectivity index (χ1v) is 12.7. The van der Waals surface area contributed by atoms with Crippen LogP contribution in [-0.2, 0) is 9.47 Å². The van der Waals surface area contributed by atoms with Crippen molar-refractivity contribution in [2.75, 3.05) is 39.6 Å². The summed E-state index contributed by atoms with van der Waals surface area (Å²) in [6, 6.07) is 13.6. The van der Waals surface area contributed by atoms with E-state index in [0.29, 0.717) is 73.6 Å². The fourth-order valence-electron chi connectivity index (χ4n) is 3.25. The molecule has 1 heterocycles. The zero-order valence-corrected chi connectivity index (χ0v) is 22.4. The Labute approximate surface area is 225 Å². The smallest absolute Gasteiger partial charge is 0.163 e. The quantitative estimate of drug-likeness (QED) is 0.351. The van der Waals surface area contributed by atoms with E-state index in [9.17, 15) is 10.2 Å². The van der Waals surface area contributed by atoms with E-state index >= 15 is 0 Å². The predicted molar refractivity (Wildman–Crippen MR) is 145 cm³/mol. The summed E-state index contributed by atoms with van der Waals surface area (Å²) in [5, 5.41) is 20.4. The molecule has 3 aromatic carbocycles. The molecule has 0 saturated heterocycles. The standard InChI is InChI=1S/C26H24Br2N2O6/c27-19-1-3-23(31)17(11-19)15-29-21-13-25-26(36-10-8-34-6-5-33-7-9-35-25)14-22(21)30-16-18-12-20(28)2-4-24(18)32/h1-4,11-16,31-32H,5-10H2. The Morgan fingerprint density at radius 1 is 0.611 bits per heavy atom. The SMILES string of the molecule is Oc1ccc(Br)cc1C=Nc1cc2c(cc1N=Cc1cc(Br)ccc1O)OCCOCCOCCO2. The molecule has 36 heavy (non-hydrogen) atoms. The molecule has 0 fully saturated rings. The van der Waals surface area contributed by atoms with Gasteiger partial charge in [0, 0.05) is 44.6 Å². The van der Waals surface area contributed by atoms with Crippen molar-refractivity contribution in [3.05, 3.63) is 68.6 Å². The van der Waals surface area contributed by atoms with Gasteiger partial charge in [-0.15, -0.1) is 0 Å². The van der Waals surface area contributed by atoms with Gasteiger partial charge < -0.3 is 29.2 Å². The summed E-state index contributed by atoms with van der Waals surface area (Å²) < 4.78 is 24.5. The second kappa shape index (κ2) is 12.9. The van der Waals surface area contributed by atoms with Crippen molar-refractivity contribution in [3.63, 3.8) is 0 Å². The number of hydrogen-bond donors (Lipinski definition) is 2. The Morgan fingerprint density at radius 3 is 1.47 bits per heavy atom. The number of phenolic OH excluding ortho intramolecular Hbond substituents is 2. The number of benzene rings is 3. The predicted octanol–water partition coefficient (Wildman–Crippen LogP) is 5.93. The van der Waals surface area contributed by atoms with E-state index in [4.69, 9.17) is 18.9 Å². The Bertz CT molecular complexity index is 1170. The van der Waals surface area contributed by atoms with Crippen LogP contribution < -0.4 is 9.47 Å². The van der Waals surface area contributed by atoms with Crippen molar-refractivity contribution in [2.24, 2.45) is 9.98 Å². The van der Waals surface area contributed by atoms with Crippen LogP contribution in [0.5, 0.6) is 23.0 Å². The summed E-state index contributed by atoms with van der Waals surface area (Å²) in [6.07, 6.45) is 3.09. The Morgan fingerprint density at radius 2 is 1.03 bits per heavy atom. The summed E-state index contributed by atoms with van der Waals surface area (Å²) in [6.45, 7) is 2.40. The highest BCUT2D eigenvalue weighted by molar-refractivity contribution is 9.10. The van der Waals surface area contributed by atoms with Gasteiger partial charge in [0.15, 0.2) is 11.5 Å². The lowest BCUT2D eigenvalue weighted by atomic mass is 10.2. The van der Waals surface area contributed by atoms with E-state index in [-0.39, 0.29) is 11.5 Å². The summed E-state index contributed by atoms with van der Waals surface area (Å²) in [5.41, 5.74) is 2.01. The molecule has 10 heteroatoms. The molecule has 2 N–H and O–H groups in total. The van der Waals surface area contributed by atoms with Crippen molar-refractivity contribution < 1.29 is 29.2 Å².